The van der Waals surface area contributed by atoms with Crippen LogP contribution in [0.5, 0.6) is 0 Å². The number of anilines is 1. The number of hydrogen-bond acceptors (Lipinski definition) is 4. The van der Waals surface area contributed by atoms with Crippen LogP contribution in [-0.4, -0.2) is 27.5 Å². The second-order valence-corrected chi connectivity index (χ2v) is 7.74. The quantitative estimate of drug-likeness (QED) is 0.814. The third-order valence-electron chi connectivity index (χ3n) is 4.19. The van der Waals surface area contributed by atoms with Crippen molar-refractivity contribution in [3.8, 4) is 0 Å². The fourth-order valence-corrected chi connectivity index (χ4v) is 4.09. The van der Waals surface area contributed by atoms with Crippen LogP contribution in [0.1, 0.15) is 50.3 Å². The van der Waals surface area contributed by atoms with E-state index in [4.69, 9.17) is 0 Å². The van der Waals surface area contributed by atoms with Crippen molar-refractivity contribution in [1.29, 1.82) is 0 Å². The van der Waals surface area contributed by atoms with E-state index in [2.05, 4.69) is 37.5 Å². The third kappa shape index (κ3) is 3.24. The summed E-state index contributed by atoms with van der Waals surface area (Å²) in [5, 5.41) is 3.54. The second-order valence-electron chi connectivity index (χ2n) is 5.66. The summed E-state index contributed by atoms with van der Waals surface area (Å²) in [6, 6.07) is 1.99. The van der Waals surface area contributed by atoms with Gasteiger partial charge in [-0.3, -0.25) is 0 Å². The molecule has 0 saturated heterocycles. The molecular formula is C14H20BrN3S. The van der Waals surface area contributed by atoms with Gasteiger partial charge in [-0.2, -0.15) is 11.8 Å². The number of hydrogen-bond donors (Lipinski definition) is 1. The molecule has 0 unspecified atom stereocenters. The number of nitrogens with one attached hydrogen (secondary N) is 1. The first-order chi connectivity index (χ1) is 9.21. The molecule has 5 heteroatoms. The monoisotopic (exact) mass is 341 g/mol. The van der Waals surface area contributed by atoms with Gasteiger partial charge in [-0.25, -0.2) is 9.97 Å². The van der Waals surface area contributed by atoms with Crippen LogP contribution in [0.4, 0.5) is 5.82 Å². The smallest absolute Gasteiger partial charge is 0.135 e. The van der Waals surface area contributed by atoms with Crippen LogP contribution in [0.25, 0.3) is 0 Å². The summed E-state index contributed by atoms with van der Waals surface area (Å²) in [7, 11) is 0. The summed E-state index contributed by atoms with van der Waals surface area (Å²) >= 11 is 5.51. The van der Waals surface area contributed by atoms with E-state index in [1.54, 1.807) is 0 Å². The highest BCUT2D eigenvalue weighted by atomic mass is 79.9. The predicted molar refractivity (Wildman–Crippen MR) is 84.9 cm³/mol. The van der Waals surface area contributed by atoms with Gasteiger partial charge in [0, 0.05) is 23.3 Å². The standard InChI is InChI=1S/C14H20BrN3S/c1-19-14(6-2-3-7-14)9-16-12-8-11(15)17-13(18-12)10-4-5-10/h8,10H,2-7,9H2,1H3,(H,16,17,18). The Hall–Kier alpha value is -0.290. The van der Waals surface area contributed by atoms with Crippen LogP contribution in [0.15, 0.2) is 10.7 Å². The molecule has 1 N–H and O–H groups in total. The molecule has 0 aromatic carbocycles. The summed E-state index contributed by atoms with van der Waals surface area (Å²) in [4.78, 5) is 9.13. The zero-order valence-corrected chi connectivity index (χ0v) is 13.7. The molecule has 0 radical (unpaired) electrons. The Morgan fingerprint density at radius 1 is 1.37 bits per heavy atom. The maximum atomic E-state index is 4.66. The molecule has 2 aliphatic rings. The van der Waals surface area contributed by atoms with Crippen molar-refractivity contribution in [3.63, 3.8) is 0 Å². The molecule has 1 heterocycles. The van der Waals surface area contributed by atoms with Crippen LogP contribution in [0, 0.1) is 0 Å². The Bertz CT molecular complexity index is 456. The van der Waals surface area contributed by atoms with Crippen LogP contribution >= 0.6 is 27.7 Å². The van der Waals surface area contributed by atoms with Crippen molar-refractivity contribution in [1.82, 2.24) is 9.97 Å². The van der Waals surface area contributed by atoms with E-state index in [0.29, 0.717) is 10.7 Å². The highest BCUT2D eigenvalue weighted by molar-refractivity contribution is 9.10. The summed E-state index contributed by atoms with van der Waals surface area (Å²) in [6.45, 7) is 1.02. The number of halogens is 1. The van der Waals surface area contributed by atoms with Crippen LogP contribution in [-0.2, 0) is 0 Å². The van der Waals surface area contributed by atoms with E-state index in [1.807, 2.05) is 17.8 Å². The summed E-state index contributed by atoms with van der Waals surface area (Å²) in [6.07, 6.45) is 10.1. The summed E-state index contributed by atoms with van der Waals surface area (Å²) in [5.41, 5.74) is 0. The molecule has 2 fully saturated rings. The lowest BCUT2D eigenvalue weighted by Crippen LogP contribution is -2.30. The third-order valence-corrected chi connectivity index (χ3v) is 6.02. The van der Waals surface area contributed by atoms with Crippen molar-refractivity contribution in [2.75, 3.05) is 18.1 Å². The normalized spacial score (nSPS) is 21.6. The van der Waals surface area contributed by atoms with Crippen molar-refractivity contribution in [2.45, 2.75) is 49.2 Å². The topological polar surface area (TPSA) is 37.8 Å². The molecule has 3 rings (SSSR count). The highest BCUT2D eigenvalue weighted by Gasteiger charge is 2.33. The largest absolute Gasteiger partial charge is 0.369 e. The van der Waals surface area contributed by atoms with Gasteiger partial charge < -0.3 is 5.32 Å². The Morgan fingerprint density at radius 2 is 2.11 bits per heavy atom. The first kappa shape index (κ1) is 13.7. The van der Waals surface area contributed by atoms with Crippen LogP contribution < -0.4 is 5.32 Å². The lowest BCUT2D eigenvalue weighted by atomic mass is 10.1. The zero-order valence-electron chi connectivity index (χ0n) is 11.3. The Morgan fingerprint density at radius 3 is 2.74 bits per heavy atom. The summed E-state index contributed by atoms with van der Waals surface area (Å²) < 4.78 is 1.31. The lowest BCUT2D eigenvalue weighted by Gasteiger charge is -2.27. The maximum Gasteiger partial charge on any atom is 0.135 e. The van der Waals surface area contributed by atoms with E-state index < -0.39 is 0 Å². The van der Waals surface area contributed by atoms with Gasteiger partial charge in [-0.15, -0.1) is 0 Å². The molecular weight excluding hydrogens is 322 g/mol. The molecule has 19 heavy (non-hydrogen) atoms. The Kier molecular flexibility index (Phi) is 4.03. The fraction of sp³-hybridized carbons (Fsp3) is 0.714. The number of aromatic nitrogens is 2. The molecule has 0 atom stereocenters. The summed E-state index contributed by atoms with van der Waals surface area (Å²) in [5.74, 6) is 2.57. The average Bonchev–Trinajstić information content (AvgIpc) is 3.16. The van der Waals surface area contributed by atoms with Crippen LogP contribution in [0.2, 0.25) is 0 Å². The highest BCUT2D eigenvalue weighted by Crippen LogP contribution is 2.41. The van der Waals surface area contributed by atoms with E-state index in [1.165, 1.54) is 38.5 Å². The molecule has 3 nitrogen and oxygen atoms in total. The molecule has 2 saturated carbocycles. The first-order valence-electron chi connectivity index (χ1n) is 7.04. The number of nitrogens with zero attached hydrogens (tertiary/aromatic N) is 2. The van der Waals surface area contributed by atoms with Crippen molar-refractivity contribution >= 4 is 33.5 Å². The molecule has 0 aliphatic heterocycles. The van der Waals surface area contributed by atoms with Crippen molar-refractivity contribution < 1.29 is 0 Å². The number of rotatable bonds is 5. The minimum atomic E-state index is 0.414. The van der Waals surface area contributed by atoms with Crippen molar-refractivity contribution in [3.05, 3.63) is 16.5 Å². The molecule has 0 amide bonds. The second kappa shape index (κ2) is 5.60. The Labute approximate surface area is 127 Å². The van der Waals surface area contributed by atoms with Gasteiger partial charge in [0.05, 0.1) is 0 Å². The molecule has 104 valence electrons. The van der Waals surface area contributed by atoms with Gasteiger partial charge in [0.2, 0.25) is 0 Å². The lowest BCUT2D eigenvalue weighted by molar-refractivity contribution is 0.638. The minimum absolute atomic E-state index is 0.414. The Balaban J connectivity index is 1.69. The average molecular weight is 342 g/mol. The van der Waals surface area contributed by atoms with Gasteiger partial charge in [-0.1, -0.05) is 12.8 Å². The van der Waals surface area contributed by atoms with Gasteiger partial charge in [0.1, 0.15) is 16.2 Å². The van der Waals surface area contributed by atoms with E-state index >= 15 is 0 Å². The molecule has 1 aromatic heterocycles. The molecule has 0 spiro atoms. The van der Waals surface area contributed by atoms with Crippen molar-refractivity contribution in [2.24, 2.45) is 0 Å². The van der Waals surface area contributed by atoms with Crippen LogP contribution in [0.3, 0.4) is 0 Å². The minimum Gasteiger partial charge on any atom is -0.369 e. The fourth-order valence-electron chi connectivity index (χ4n) is 2.77. The zero-order chi connectivity index (χ0) is 13.3. The van der Waals surface area contributed by atoms with Gasteiger partial charge >= 0.3 is 0 Å². The van der Waals surface area contributed by atoms with Gasteiger partial charge in [0.25, 0.3) is 0 Å². The molecule has 1 aromatic rings. The molecule has 2 aliphatic carbocycles. The maximum absolute atomic E-state index is 4.66. The van der Waals surface area contributed by atoms with Gasteiger partial charge in [0.15, 0.2) is 0 Å². The SMILES string of the molecule is CSC1(CNc2cc(Br)nc(C3CC3)n2)CCCC1. The number of thioether (sulfide) groups is 1. The predicted octanol–water partition coefficient (Wildman–Crippen LogP) is 4.20. The van der Waals surface area contributed by atoms with Gasteiger partial charge in [-0.05, 0) is 47.9 Å². The van der Waals surface area contributed by atoms with E-state index in [0.717, 1.165) is 22.8 Å². The van der Waals surface area contributed by atoms with E-state index in [9.17, 15) is 0 Å². The molecule has 0 bridgehead atoms. The first-order valence-corrected chi connectivity index (χ1v) is 9.06. The van der Waals surface area contributed by atoms with E-state index in [-0.39, 0.29) is 0 Å².